The molecule has 3 rings (SSSR count). The van der Waals surface area contributed by atoms with Gasteiger partial charge in [-0.3, -0.25) is 0 Å². The van der Waals surface area contributed by atoms with E-state index in [9.17, 15) is 0 Å². The van der Waals surface area contributed by atoms with Gasteiger partial charge in [-0.15, -0.1) is 0 Å². The molecule has 0 aromatic carbocycles. The van der Waals surface area contributed by atoms with Crippen molar-refractivity contribution in [2.45, 2.75) is 62.6 Å². The molecule has 17 heavy (non-hydrogen) atoms. The lowest BCUT2D eigenvalue weighted by molar-refractivity contribution is -0.123. The molecule has 1 saturated heterocycles. The zero-order valence-electron chi connectivity index (χ0n) is 10.6. The van der Waals surface area contributed by atoms with Crippen LogP contribution in [0.1, 0.15) is 51.4 Å². The Balaban J connectivity index is 1.74. The van der Waals surface area contributed by atoms with Crippen molar-refractivity contribution in [3.8, 4) is 0 Å². The molecule has 2 N–H and O–H groups in total. The number of alkyl halides is 1. The minimum absolute atomic E-state index is 0.0182. The maximum absolute atomic E-state index is 15.0. The van der Waals surface area contributed by atoms with Crippen LogP contribution < -0.4 is 5.73 Å². The van der Waals surface area contributed by atoms with Crippen LogP contribution >= 0.6 is 0 Å². The van der Waals surface area contributed by atoms with Gasteiger partial charge in [0.2, 0.25) is 0 Å². The first-order valence-corrected chi connectivity index (χ1v) is 7.21. The van der Waals surface area contributed by atoms with Gasteiger partial charge < -0.3 is 10.5 Å². The molecule has 1 aliphatic heterocycles. The van der Waals surface area contributed by atoms with Crippen molar-refractivity contribution in [3.05, 3.63) is 0 Å². The molecular weight excluding hydrogens is 217 g/mol. The first-order chi connectivity index (χ1) is 8.19. The monoisotopic (exact) mass is 241 g/mol. The molecule has 0 amide bonds. The van der Waals surface area contributed by atoms with Crippen molar-refractivity contribution in [3.63, 3.8) is 0 Å². The second kappa shape index (κ2) is 4.20. The summed E-state index contributed by atoms with van der Waals surface area (Å²) in [6.07, 6.45) is 8.62. The van der Waals surface area contributed by atoms with Crippen LogP contribution in [0.15, 0.2) is 0 Å². The van der Waals surface area contributed by atoms with E-state index in [1.54, 1.807) is 0 Å². The Morgan fingerprint density at radius 3 is 2.47 bits per heavy atom. The van der Waals surface area contributed by atoms with Crippen LogP contribution in [0.4, 0.5) is 4.39 Å². The van der Waals surface area contributed by atoms with Crippen LogP contribution in [0.2, 0.25) is 0 Å². The molecule has 0 aromatic heterocycles. The van der Waals surface area contributed by atoms with E-state index in [1.165, 1.54) is 12.8 Å². The smallest absolute Gasteiger partial charge is 0.129 e. The maximum Gasteiger partial charge on any atom is 0.129 e. The molecule has 3 fully saturated rings. The van der Waals surface area contributed by atoms with Gasteiger partial charge in [0.15, 0.2) is 0 Å². The number of halogens is 1. The van der Waals surface area contributed by atoms with Gasteiger partial charge in [-0.25, -0.2) is 4.39 Å². The second-order valence-electron chi connectivity index (χ2n) is 6.33. The molecule has 2 atom stereocenters. The Morgan fingerprint density at radius 2 is 1.88 bits per heavy atom. The van der Waals surface area contributed by atoms with E-state index >= 15 is 4.39 Å². The van der Waals surface area contributed by atoms with E-state index in [0.717, 1.165) is 45.1 Å². The second-order valence-corrected chi connectivity index (χ2v) is 6.33. The van der Waals surface area contributed by atoms with E-state index in [4.69, 9.17) is 10.5 Å². The summed E-state index contributed by atoms with van der Waals surface area (Å²) in [6.45, 7) is 0.946. The van der Waals surface area contributed by atoms with Crippen LogP contribution in [0.5, 0.6) is 0 Å². The topological polar surface area (TPSA) is 35.2 Å². The van der Waals surface area contributed by atoms with E-state index in [1.807, 2.05) is 0 Å². The highest BCUT2D eigenvalue weighted by Gasteiger charge is 2.54. The lowest BCUT2D eigenvalue weighted by Gasteiger charge is -2.44. The SMILES string of the molecule is NCC(F)(C1CC1)C1CCOC2(CCCC2)C1. The van der Waals surface area contributed by atoms with Crippen LogP contribution in [-0.4, -0.2) is 24.4 Å². The average molecular weight is 241 g/mol. The van der Waals surface area contributed by atoms with E-state index in [2.05, 4.69) is 0 Å². The number of hydrogen-bond donors (Lipinski definition) is 1. The largest absolute Gasteiger partial charge is 0.375 e. The molecule has 2 saturated carbocycles. The highest BCUT2D eigenvalue weighted by molar-refractivity contribution is 5.04. The number of ether oxygens (including phenoxy) is 1. The number of nitrogens with two attached hydrogens (primary N) is 1. The molecule has 3 aliphatic rings. The van der Waals surface area contributed by atoms with Gasteiger partial charge in [-0.05, 0) is 50.4 Å². The Kier molecular flexibility index (Phi) is 2.94. The minimum atomic E-state index is -1.10. The first kappa shape index (κ1) is 11.9. The summed E-state index contributed by atoms with van der Waals surface area (Å²) in [5.74, 6) is 0.390. The molecule has 0 bridgehead atoms. The minimum Gasteiger partial charge on any atom is -0.375 e. The molecule has 0 radical (unpaired) electrons. The first-order valence-electron chi connectivity index (χ1n) is 7.21. The van der Waals surface area contributed by atoms with Crippen molar-refractivity contribution in [2.24, 2.45) is 17.6 Å². The van der Waals surface area contributed by atoms with Crippen LogP contribution in [0.25, 0.3) is 0 Å². The van der Waals surface area contributed by atoms with E-state index in [0.29, 0.717) is 0 Å². The number of rotatable bonds is 3. The zero-order valence-corrected chi connectivity index (χ0v) is 10.6. The summed E-state index contributed by atoms with van der Waals surface area (Å²) in [5, 5.41) is 0. The fourth-order valence-corrected chi connectivity index (χ4v) is 4.04. The predicted molar refractivity (Wildman–Crippen MR) is 65.5 cm³/mol. The fraction of sp³-hybridized carbons (Fsp3) is 1.00. The third kappa shape index (κ3) is 2.01. The third-order valence-electron chi connectivity index (χ3n) is 5.26. The van der Waals surface area contributed by atoms with Gasteiger partial charge in [0.05, 0.1) is 5.60 Å². The third-order valence-corrected chi connectivity index (χ3v) is 5.26. The van der Waals surface area contributed by atoms with Crippen molar-refractivity contribution in [1.29, 1.82) is 0 Å². The van der Waals surface area contributed by atoms with Crippen LogP contribution in [-0.2, 0) is 4.74 Å². The van der Waals surface area contributed by atoms with Crippen LogP contribution in [0.3, 0.4) is 0 Å². The summed E-state index contributed by atoms with van der Waals surface area (Å²) in [6, 6.07) is 0. The zero-order chi connectivity index (χ0) is 11.9. The van der Waals surface area contributed by atoms with Gasteiger partial charge in [0.25, 0.3) is 0 Å². The quantitative estimate of drug-likeness (QED) is 0.824. The summed E-state index contributed by atoms with van der Waals surface area (Å²) in [7, 11) is 0. The average Bonchev–Trinajstić information content (AvgIpc) is 3.13. The highest BCUT2D eigenvalue weighted by atomic mass is 19.1. The summed E-state index contributed by atoms with van der Waals surface area (Å²) < 4.78 is 21.0. The molecule has 1 heterocycles. The molecule has 98 valence electrons. The van der Waals surface area contributed by atoms with Crippen molar-refractivity contribution in [2.75, 3.05) is 13.2 Å². The lowest BCUT2D eigenvalue weighted by atomic mass is 9.74. The molecule has 1 spiro atoms. The van der Waals surface area contributed by atoms with Crippen molar-refractivity contribution in [1.82, 2.24) is 0 Å². The Morgan fingerprint density at radius 1 is 1.18 bits per heavy atom. The molecule has 3 heteroatoms. The van der Waals surface area contributed by atoms with Crippen LogP contribution in [0, 0.1) is 11.8 Å². The van der Waals surface area contributed by atoms with Gasteiger partial charge in [-0.1, -0.05) is 12.8 Å². The van der Waals surface area contributed by atoms with Crippen molar-refractivity contribution >= 4 is 0 Å². The summed E-state index contributed by atoms with van der Waals surface area (Å²) in [4.78, 5) is 0. The maximum atomic E-state index is 15.0. The summed E-state index contributed by atoms with van der Waals surface area (Å²) in [5.41, 5.74) is 4.67. The van der Waals surface area contributed by atoms with Gasteiger partial charge in [0.1, 0.15) is 5.67 Å². The molecular formula is C14H24FNO. The highest BCUT2D eigenvalue weighted by Crippen LogP contribution is 2.52. The van der Waals surface area contributed by atoms with Gasteiger partial charge in [-0.2, -0.15) is 0 Å². The Hall–Kier alpha value is -0.150. The van der Waals surface area contributed by atoms with E-state index < -0.39 is 5.67 Å². The Labute approximate surface area is 103 Å². The molecule has 2 aliphatic carbocycles. The predicted octanol–water partition coefficient (Wildman–Crippen LogP) is 2.80. The van der Waals surface area contributed by atoms with Gasteiger partial charge in [0, 0.05) is 13.2 Å². The fourth-order valence-electron chi connectivity index (χ4n) is 4.04. The van der Waals surface area contributed by atoms with Gasteiger partial charge >= 0.3 is 0 Å². The molecule has 2 nitrogen and oxygen atoms in total. The van der Waals surface area contributed by atoms with E-state index in [-0.39, 0.29) is 24.0 Å². The normalized spacial score (nSPS) is 36.0. The lowest BCUT2D eigenvalue weighted by Crippen LogP contribution is -2.50. The summed E-state index contributed by atoms with van der Waals surface area (Å²) >= 11 is 0. The Bertz CT molecular complexity index is 286. The molecule has 0 aromatic rings. The molecule has 2 unspecified atom stereocenters. The van der Waals surface area contributed by atoms with Crippen molar-refractivity contribution < 1.29 is 9.13 Å². The standard InChI is InChI=1S/C14H24FNO/c15-14(10-16,11-3-4-11)12-5-8-17-13(9-12)6-1-2-7-13/h11-12H,1-10,16H2. The number of hydrogen-bond acceptors (Lipinski definition) is 2.